The average Bonchev–Trinajstić information content (AvgIpc) is 3.11. The van der Waals surface area contributed by atoms with Gasteiger partial charge in [0, 0.05) is 11.9 Å². The molecule has 124 valence electrons. The van der Waals surface area contributed by atoms with Gasteiger partial charge in [-0.15, -0.1) is 22.7 Å². The molecule has 2 heterocycles. The number of aromatic nitrogens is 1. The van der Waals surface area contributed by atoms with Crippen molar-refractivity contribution in [2.45, 2.75) is 38.6 Å². The number of benzene rings is 1. The first-order chi connectivity index (χ1) is 11.7. The van der Waals surface area contributed by atoms with Crippen LogP contribution in [0.1, 0.15) is 44.4 Å². The molecular weight excluding hydrogens is 336 g/mol. The molecule has 0 fully saturated rings. The first-order valence-corrected chi connectivity index (χ1v) is 10.1. The summed E-state index contributed by atoms with van der Waals surface area (Å²) in [6.45, 7) is 0.570. The maximum absolute atomic E-state index is 12.8. The van der Waals surface area contributed by atoms with E-state index in [0.717, 1.165) is 28.2 Å². The van der Waals surface area contributed by atoms with Crippen molar-refractivity contribution in [2.75, 3.05) is 7.05 Å². The van der Waals surface area contributed by atoms with E-state index in [1.807, 2.05) is 25.2 Å². The Morgan fingerprint density at radius 3 is 2.88 bits per heavy atom. The van der Waals surface area contributed by atoms with E-state index in [0.29, 0.717) is 6.54 Å². The third kappa shape index (κ3) is 3.10. The van der Waals surface area contributed by atoms with Crippen LogP contribution in [0.25, 0.3) is 10.2 Å². The average molecular weight is 357 g/mol. The predicted octanol–water partition coefficient (Wildman–Crippen LogP) is 4.90. The standard InChI is InChI=1S/C19H20N2OS2/c1-21(12-18-20-14-8-5-6-10-16(14)24-18)19(22)17-11-13-7-3-2-4-9-15(13)23-17/h5-6,8,10-11H,2-4,7,9,12H2,1H3. The fraction of sp³-hybridized carbons (Fsp3) is 0.368. The van der Waals surface area contributed by atoms with Crippen LogP contribution in [0.4, 0.5) is 0 Å². The summed E-state index contributed by atoms with van der Waals surface area (Å²) in [5, 5.41) is 0.991. The monoisotopic (exact) mass is 356 g/mol. The number of amides is 1. The van der Waals surface area contributed by atoms with Gasteiger partial charge in [0.2, 0.25) is 0 Å². The summed E-state index contributed by atoms with van der Waals surface area (Å²) >= 11 is 3.36. The highest BCUT2D eigenvalue weighted by Crippen LogP contribution is 2.30. The van der Waals surface area contributed by atoms with Crippen molar-refractivity contribution in [3.63, 3.8) is 0 Å². The van der Waals surface area contributed by atoms with Gasteiger partial charge in [-0.25, -0.2) is 4.98 Å². The first kappa shape index (κ1) is 15.8. The fourth-order valence-electron chi connectivity index (χ4n) is 3.22. The molecule has 3 aromatic rings. The molecule has 3 nitrogen and oxygen atoms in total. The number of thiophene rings is 1. The molecule has 5 heteroatoms. The Balaban J connectivity index is 1.51. The van der Waals surface area contributed by atoms with E-state index in [2.05, 4.69) is 17.1 Å². The molecular formula is C19H20N2OS2. The second-order valence-corrected chi connectivity index (χ2v) is 8.61. The molecule has 2 aromatic heterocycles. The lowest BCUT2D eigenvalue weighted by Crippen LogP contribution is -2.25. The molecule has 0 bridgehead atoms. The van der Waals surface area contributed by atoms with E-state index in [-0.39, 0.29) is 5.91 Å². The van der Waals surface area contributed by atoms with E-state index in [1.165, 1.54) is 34.4 Å². The summed E-state index contributed by atoms with van der Waals surface area (Å²) in [6, 6.07) is 10.3. The van der Waals surface area contributed by atoms with Gasteiger partial charge in [-0.05, 0) is 49.4 Å². The minimum absolute atomic E-state index is 0.118. The Labute approximate surface area is 150 Å². The van der Waals surface area contributed by atoms with E-state index in [1.54, 1.807) is 27.6 Å². The third-order valence-electron chi connectivity index (χ3n) is 4.51. The number of fused-ring (bicyclic) bond motifs is 2. The Morgan fingerprint density at radius 2 is 2.00 bits per heavy atom. The number of carbonyl (C=O) groups is 1. The Kier molecular flexibility index (Phi) is 4.37. The van der Waals surface area contributed by atoms with Gasteiger partial charge in [0.05, 0.1) is 21.6 Å². The first-order valence-electron chi connectivity index (χ1n) is 8.42. The number of carbonyl (C=O) groups excluding carboxylic acids is 1. The minimum Gasteiger partial charge on any atom is -0.334 e. The molecule has 0 N–H and O–H groups in total. The summed E-state index contributed by atoms with van der Waals surface area (Å²) in [7, 11) is 1.87. The largest absolute Gasteiger partial charge is 0.334 e. The maximum Gasteiger partial charge on any atom is 0.264 e. The molecule has 1 amide bonds. The lowest BCUT2D eigenvalue weighted by molar-refractivity contribution is 0.0789. The second-order valence-electron chi connectivity index (χ2n) is 6.36. The topological polar surface area (TPSA) is 33.2 Å². The molecule has 1 aliphatic rings. The lowest BCUT2D eigenvalue weighted by atomic mass is 10.1. The molecule has 4 rings (SSSR count). The summed E-state index contributed by atoms with van der Waals surface area (Å²) in [5.74, 6) is 0.118. The summed E-state index contributed by atoms with van der Waals surface area (Å²) in [4.78, 5) is 21.5. The molecule has 0 saturated heterocycles. The Bertz CT molecular complexity index is 824. The highest BCUT2D eigenvalue weighted by molar-refractivity contribution is 7.18. The molecule has 0 spiro atoms. The van der Waals surface area contributed by atoms with Crippen LogP contribution in [0, 0.1) is 0 Å². The van der Waals surface area contributed by atoms with Gasteiger partial charge in [0.25, 0.3) is 5.91 Å². The zero-order chi connectivity index (χ0) is 16.5. The summed E-state index contributed by atoms with van der Waals surface area (Å²) in [5.41, 5.74) is 2.41. The molecule has 1 aliphatic carbocycles. The van der Waals surface area contributed by atoms with Crippen LogP contribution in [0.3, 0.4) is 0 Å². The number of hydrogen-bond donors (Lipinski definition) is 0. The van der Waals surface area contributed by atoms with Crippen LogP contribution in [-0.2, 0) is 19.4 Å². The zero-order valence-electron chi connectivity index (χ0n) is 13.7. The molecule has 0 saturated carbocycles. The van der Waals surface area contributed by atoms with Crippen LogP contribution in [-0.4, -0.2) is 22.8 Å². The highest BCUT2D eigenvalue weighted by Gasteiger charge is 2.20. The third-order valence-corrected chi connectivity index (χ3v) is 6.76. The van der Waals surface area contributed by atoms with Crippen molar-refractivity contribution >= 4 is 38.8 Å². The van der Waals surface area contributed by atoms with Crippen LogP contribution in [0.5, 0.6) is 0 Å². The van der Waals surface area contributed by atoms with Gasteiger partial charge in [-0.1, -0.05) is 18.6 Å². The van der Waals surface area contributed by atoms with Crippen molar-refractivity contribution in [2.24, 2.45) is 0 Å². The summed E-state index contributed by atoms with van der Waals surface area (Å²) < 4.78 is 1.18. The molecule has 24 heavy (non-hydrogen) atoms. The van der Waals surface area contributed by atoms with Gasteiger partial charge >= 0.3 is 0 Å². The number of hydrogen-bond acceptors (Lipinski definition) is 4. The second kappa shape index (κ2) is 6.65. The molecule has 0 unspecified atom stereocenters. The Morgan fingerprint density at radius 1 is 1.17 bits per heavy atom. The van der Waals surface area contributed by atoms with Gasteiger partial charge in [-0.3, -0.25) is 4.79 Å². The van der Waals surface area contributed by atoms with Crippen LogP contribution in [0.15, 0.2) is 30.3 Å². The van der Waals surface area contributed by atoms with Crippen LogP contribution in [0.2, 0.25) is 0 Å². The Hall–Kier alpha value is -1.72. The molecule has 0 aliphatic heterocycles. The zero-order valence-corrected chi connectivity index (χ0v) is 15.4. The number of aryl methyl sites for hydroxylation is 2. The van der Waals surface area contributed by atoms with Crippen molar-refractivity contribution in [3.8, 4) is 0 Å². The highest BCUT2D eigenvalue weighted by atomic mass is 32.1. The number of nitrogens with zero attached hydrogens (tertiary/aromatic N) is 2. The van der Waals surface area contributed by atoms with Crippen molar-refractivity contribution in [1.29, 1.82) is 0 Å². The van der Waals surface area contributed by atoms with E-state index >= 15 is 0 Å². The van der Waals surface area contributed by atoms with Gasteiger partial charge in [0.1, 0.15) is 5.01 Å². The van der Waals surface area contributed by atoms with Crippen LogP contribution < -0.4 is 0 Å². The SMILES string of the molecule is CN(Cc1nc2ccccc2s1)C(=O)c1cc2c(s1)CCCCC2. The van der Waals surface area contributed by atoms with E-state index in [9.17, 15) is 4.79 Å². The lowest BCUT2D eigenvalue weighted by Gasteiger charge is -2.14. The maximum atomic E-state index is 12.8. The van der Waals surface area contributed by atoms with Crippen molar-refractivity contribution in [1.82, 2.24) is 9.88 Å². The van der Waals surface area contributed by atoms with E-state index < -0.39 is 0 Å². The fourth-order valence-corrected chi connectivity index (χ4v) is 5.49. The molecule has 0 radical (unpaired) electrons. The van der Waals surface area contributed by atoms with Gasteiger partial charge in [0.15, 0.2) is 0 Å². The normalized spacial score (nSPS) is 14.4. The number of rotatable bonds is 3. The van der Waals surface area contributed by atoms with Gasteiger partial charge in [-0.2, -0.15) is 0 Å². The smallest absolute Gasteiger partial charge is 0.264 e. The van der Waals surface area contributed by atoms with Crippen molar-refractivity contribution in [3.05, 3.63) is 50.7 Å². The van der Waals surface area contributed by atoms with Crippen LogP contribution >= 0.6 is 22.7 Å². The molecule has 1 aromatic carbocycles. The summed E-state index contributed by atoms with van der Waals surface area (Å²) in [6.07, 6.45) is 6.07. The predicted molar refractivity (Wildman–Crippen MR) is 101 cm³/mol. The quantitative estimate of drug-likeness (QED) is 0.626. The minimum atomic E-state index is 0.118. The van der Waals surface area contributed by atoms with Gasteiger partial charge < -0.3 is 4.90 Å². The molecule has 0 atom stereocenters. The van der Waals surface area contributed by atoms with Crippen molar-refractivity contribution < 1.29 is 4.79 Å². The number of para-hydroxylation sites is 1. The van der Waals surface area contributed by atoms with E-state index in [4.69, 9.17) is 0 Å². The number of thiazole rings is 1.